The van der Waals surface area contributed by atoms with Gasteiger partial charge in [0.05, 0.1) is 14.2 Å². The van der Waals surface area contributed by atoms with E-state index in [1.165, 1.54) is 24.0 Å². The average Bonchev–Trinajstić information content (AvgIpc) is 3.30. The van der Waals surface area contributed by atoms with Gasteiger partial charge in [-0.15, -0.1) is 11.3 Å². The van der Waals surface area contributed by atoms with Gasteiger partial charge >= 0.3 is 5.97 Å². The molecule has 7 heteroatoms. The van der Waals surface area contributed by atoms with Gasteiger partial charge in [-0.1, -0.05) is 32.9 Å². The summed E-state index contributed by atoms with van der Waals surface area (Å²) < 4.78 is 17.2. The third-order valence-corrected chi connectivity index (χ3v) is 6.91. The second kappa shape index (κ2) is 10.4. The van der Waals surface area contributed by atoms with E-state index >= 15 is 0 Å². The number of amides is 1. The molecule has 1 amide bonds. The minimum atomic E-state index is -0.375. The summed E-state index contributed by atoms with van der Waals surface area (Å²) in [6.07, 6.45) is 0. The number of rotatable bonds is 7. The van der Waals surface area contributed by atoms with Gasteiger partial charge in [-0.3, -0.25) is 4.79 Å². The molecule has 0 saturated heterocycles. The summed E-state index contributed by atoms with van der Waals surface area (Å²) in [6, 6.07) is 20.6. The van der Waals surface area contributed by atoms with Gasteiger partial charge in [0.1, 0.15) is 23.0 Å². The summed E-state index contributed by atoms with van der Waals surface area (Å²) in [5.74, 6) is 0.763. The maximum Gasteiger partial charge on any atom is 0.348 e. The molecule has 36 heavy (non-hydrogen) atoms. The first-order valence-electron chi connectivity index (χ1n) is 11.5. The van der Waals surface area contributed by atoms with E-state index in [1.807, 2.05) is 30.3 Å². The number of anilines is 1. The Morgan fingerprint density at radius 3 is 2.33 bits per heavy atom. The highest BCUT2D eigenvalue weighted by molar-refractivity contribution is 7.20. The predicted octanol–water partition coefficient (Wildman–Crippen LogP) is 6.83. The van der Waals surface area contributed by atoms with Crippen LogP contribution in [0.15, 0.2) is 66.7 Å². The van der Waals surface area contributed by atoms with Crippen molar-refractivity contribution in [2.75, 3.05) is 19.5 Å². The lowest BCUT2D eigenvalue weighted by Gasteiger charge is -2.19. The highest BCUT2D eigenvalue weighted by Crippen LogP contribution is 2.30. The number of methoxy groups -OCH3 is 2. The molecular weight excluding hydrogens is 474 g/mol. The second-order valence-electron chi connectivity index (χ2n) is 9.40. The third kappa shape index (κ3) is 5.69. The van der Waals surface area contributed by atoms with Gasteiger partial charge in [0, 0.05) is 21.5 Å². The molecule has 0 radical (unpaired) electrons. The van der Waals surface area contributed by atoms with E-state index in [0.717, 1.165) is 21.4 Å². The largest absolute Gasteiger partial charge is 0.496 e. The first-order valence-corrected chi connectivity index (χ1v) is 12.3. The van der Waals surface area contributed by atoms with E-state index in [2.05, 4.69) is 38.2 Å². The standard InChI is InChI=1S/C29H29NO5S/c1-29(2,3)21-7-10-23(11-8-21)35-17-20-14-18(6-12-24(20)33-4)27(31)30-22-9-13-25-19(15-22)16-26(36-25)28(32)34-5/h6-16H,17H2,1-5H3,(H,30,31). The van der Waals surface area contributed by atoms with Crippen molar-refractivity contribution in [1.29, 1.82) is 0 Å². The Bertz CT molecular complexity index is 1400. The van der Waals surface area contributed by atoms with E-state index in [4.69, 9.17) is 14.2 Å². The van der Waals surface area contributed by atoms with Crippen LogP contribution in [0.5, 0.6) is 11.5 Å². The maximum absolute atomic E-state index is 13.0. The van der Waals surface area contributed by atoms with Crippen LogP contribution in [-0.4, -0.2) is 26.1 Å². The van der Waals surface area contributed by atoms with Crippen LogP contribution in [0.25, 0.3) is 10.1 Å². The Balaban J connectivity index is 1.48. The summed E-state index contributed by atoms with van der Waals surface area (Å²) >= 11 is 1.35. The highest BCUT2D eigenvalue weighted by atomic mass is 32.1. The molecule has 0 spiro atoms. The first-order chi connectivity index (χ1) is 17.2. The Morgan fingerprint density at radius 1 is 0.917 bits per heavy atom. The van der Waals surface area contributed by atoms with Crippen LogP contribution in [-0.2, 0) is 16.8 Å². The number of esters is 1. The molecule has 0 aliphatic rings. The van der Waals surface area contributed by atoms with Crippen LogP contribution in [0.4, 0.5) is 5.69 Å². The van der Waals surface area contributed by atoms with Crippen molar-refractivity contribution >= 4 is 39.0 Å². The van der Waals surface area contributed by atoms with Crippen molar-refractivity contribution in [1.82, 2.24) is 0 Å². The zero-order valence-electron chi connectivity index (χ0n) is 21.0. The topological polar surface area (TPSA) is 73.9 Å². The van der Waals surface area contributed by atoms with Crippen LogP contribution in [0, 0.1) is 0 Å². The normalized spacial score (nSPS) is 11.2. The van der Waals surface area contributed by atoms with Crippen LogP contribution >= 0.6 is 11.3 Å². The van der Waals surface area contributed by atoms with Crippen LogP contribution < -0.4 is 14.8 Å². The van der Waals surface area contributed by atoms with Gasteiger partial charge in [-0.25, -0.2) is 4.79 Å². The van der Waals surface area contributed by atoms with E-state index in [1.54, 1.807) is 31.4 Å². The molecule has 1 heterocycles. The van der Waals surface area contributed by atoms with Gasteiger partial charge < -0.3 is 19.5 Å². The van der Waals surface area contributed by atoms with Crippen LogP contribution in [0.2, 0.25) is 0 Å². The fourth-order valence-electron chi connectivity index (χ4n) is 3.77. The summed E-state index contributed by atoms with van der Waals surface area (Å²) in [6.45, 7) is 6.77. The fourth-order valence-corrected chi connectivity index (χ4v) is 4.73. The maximum atomic E-state index is 13.0. The fraction of sp³-hybridized carbons (Fsp3) is 0.241. The summed E-state index contributed by atoms with van der Waals surface area (Å²) in [7, 11) is 2.95. The zero-order valence-corrected chi connectivity index (χ0v) is 21.8. The molecule has 0 unspecified atom stereocenters. The van der Waals surface area contributed by atoms with Crippen molar-refractivity contribution in [2.45, 2.75) is 32.8 Å². The average molecular weight is 504 g/mol. The third-order valence-electron chi connectivity index (χ3n) is 5.82. The molecule has 0 aliphatic heterocycles. The van der Waals surface area contributed by atoms with E-state index in [9.17, 15) is 9.59 Å². The number of benzene rings is 3. The van der Waals surface area contributed by atoms with Gasteiger partial charge in [-0.05, 0) is 71.0 Å². The summed E-state index contributed by atoms with van der Waals surface area (Å²) in [5, 5.41) is 3.79. The minimum absolute atomic E-state index is 0.0705. The van der Waals surface area contributed by atoms with E-state index in [-0.39, 0.29) is 23.9 Å². The molecule has 6 nitrogen and oxygen atoms in total. The molecule has 4 rings (SSSR count). The highest BCUT2D eigenvalue weighted by Gasteiger charge is 2.15. The summed E-state index contributed by atoms with van der Waals surface area (Å²) in [5.41, 5.74) is 3.18. The van der Waals surface area contributed by atoms with Gasteiger partial charge in [0.25, 0.3) is 5.91 Å². The van der Waals surface area contributed by atoms with Crippen molar-refractivity contribution in [3.05, 3.63) is 88.3 Å². The number of fused-ring (bicyclic) bond motifs is 1. The Hall–Kier alpha value is -3.84. The van der Waals surface area contributed by atoms with Gasteiger partial charge in [0.2, 0.25) is 0 Å². The van der Waals surface area contributed by atoms with Crippen molar-refractivity contribution < 1.29 is 23.8 Å². The van der Waals surface area contributed by atoms with Gasteiger partial charge in [-0.2, -0.15) is 0 Å². The molecule has 0 saturated carbocycles. The molecule has 0 fully saturated rings. The van der Waals surface area contributed by atoms with Crippen LogP contribution in [0.1, 0.15) is 51.9 Å². The first kappa shape index (κ1) is 25.3. The lowest BCUT2D eigenvalue weighted by atomic mass is 9.87. The quantitative estimate of drug-likeness (QED) is 0.280. The summed E-state index contributed by atoms with van der Waals surface area (Å²) in [4.78, 5) is 25.3. The molecule has 0 bridgehead atoms. The molecule has 0 aliphatic carbocycles. The van der Waals surface area contributed by atoms with Crippen LogP contribution in [0.3, 0.4) is 0 Å². The number of thiophene rings is 1. The van der Waals surface area contributed by atoms with E-state index in [0.29, 0.717) is 21.9 Å². The lowest BCUT2D eigenvalue weighted by Crippen LogP contribution is -2.13. The Morgan fingerprint density at radius 2 is 1.67 bits per heavy atom. The molecule has 1 N–H and O–H groups in total. The SMILES string of the molecule is COC(=O)c1cc2cc(NC(=O)c3ccc(OC)c(COc4ccc(C(C)(C)C)cc4)c3)ccc2s1. The number of ether oxygens (including phenoxy) is 3. The minimum Gasteiger partial charge on any atom is -0.496 e. The molecule has 4 aromatic rings. The molecule has 186 valence electrons. The second-order valence-corrected chi connectivity index (χ2v) is 10.5. The predicted molar refractivity (Wildman–Crippen MR) is 144 cm³/mol. The Kier molecular flexibility index (Phi) is 7.31. The molecule has 3 aromatic carbocycles. The number of carbonyl (C=O) groups excluding carboxylic acids is 2. The number of hydrogen-bond acceptors (Lipinski definition) is 6. The number of hydrogen-bond donors (Lipinski definition) is 1. The lowest BCUT2D eigenvalue weighted by molar-refractivity contribution is 0.0606. The van der Waals surface area contributed by atoms with Crippen molar-refractivity contribution in [3.8, 4) is 11.5 Å². The van der Waals surface area contributed by atoms with E-state index < -0.39 is 0 Å². The molecular formula is C29H29NO5S. The van der Waals surface area contributed by atoms with Crippen molar-refractivity contribution in [2.24, 2.45) is 0 Å². The van der Waals surface area contributed by atoms with Crippen molar-refractivity contribution in [3.63, 3.8) is 0 Å². The molecule has 0 atom stereocenters. The zero-order chi connectivity index (χ0) is 25.9. The monoisotopic (exact) mass is 503 g/mol. The Labute approximate surface area is 214 Å². The smallest absolute Gasteiger partial charge is 0.348 e. The number of carbonyl (C=O) groups is 2. The van der Waals surface area contributed by atoms with Gasteiger partial charge in [0.15, 0.2) is 0 Å². The number of nitrogens with one attached hydrogen (secondary N) is 1. The molecule has 1 aromatic heterocycles.